The molecule has 0 aliphatic heterocycles. The molecule has 6 heteroatoms. The molecule has 0 radical (unpaired) electrons. The van der Waals surface area contributed by atoms with Gasteiger partial charge in [0, 0.05) is 0 Å². The van der Waals surface area contributed by atoms with Crippen molar-refractivity contribution in [3.63, 3.8) is 0 Å². The number of aromatic nitrogens is 1. The van der Waals surface area contributed by atoms with Crippen LogP contribution in [0.2, 0.25) is 10.2 Å². The highest BCUT2D eigenvalue weighted by Crippen LogP contribution is 2.21. The van der Waals surface area contributed by atoms with Crippen molar-refractivity contribution in [1.29, 1.82) is 0 Å². The average Bonchev–Trinajstić information content (AvgIpc) is 1.96. The monoisotopic (exact) mass is 209 g/mol. The van der Waals surface area contributed by atoms with Gasteiger partial charge in [-0.15, -0.1) is 0 Å². The van der Waals surface area contributed by atoms with Gasteiger partial charge in [-0.05, 0) is 6.07 Å². The van der Waals surface area contributed by atoms with Crippen LogP contribution in [0.3, 0.4) is 0 Å². The summed E-state index contributed by atoms with van der Waals surface area (Å²) in [6.07, 6.45) is 0. The molecule has 0 bridgehead atoms. The number of carbonyl (C=O) groups is 1. The Morgan fingerprint density at radius 3 is 2.67 bits per heavy atom. The summed E-state index contributed by atoms with van der Waals surface area (Å²) in [7, 11) is 0. The third-order valence-corrected chi connectivity index (χ3v) is 1.76. The fraction of sp³-hybridized carbons (Fsp3) is 0. The highest BCUT2D eigenvalue weighted by molar-refractivity contribution is 6.41. The van der Waals surface area contributed by atoms with E-state index in [4.69, 9.17) is 28.3 Å². The zero-order chi connectivity index (χ0) is 9.30. The Kier molecular flexibility index (Phi) is 2.49. The zero-order valence-corrected chi connectivity index (χ0v) is 7.03. The summed E-state index contributed by atoms with van der Waals surface area (Å²) >= 11 is 10.7. The molecule has 3 nitrogen and oxygen atoms in total. The van der Waals surface area contributed by atoms with Gasteiger partial charge in [0.25, 0.3) is 0 Å². The van der Waals surface area contributed by atoms with Gasteiger partial charge in [-0.3, -0.25) is 0 Å². The quantitative estimate of drug-likeness (QED) is 0.723. The second-order valence-corrected chi connectivity index (χ2v) is 2.66. The molecular formula is C6H2Cl2FNO2. The van der Waals surface area contributed by atoms with Crippen LogP contribution in [0.4, 0.5) is 4.39 Å². The number of carboxylic acid groups (broad SMARTS) is 1. The molecule has 1 N–H and O–H groups in total. The van der Waals surface area contributed by atoms with Crippen molar-refractivity contribution in [1.82, 2.24) is 4.98 Å². The average molecular weight is 210 g/mol. The predicted octanol–water partition coefficient (Wildman–Crippen LogP) is 2.23. The lowest BCUT2D eigenvalue weighted by Crippen LogP contribution is -2.04. The molecule has 0 saturated carbocycles. The van der Waals surface area contributed by atoms with E-state index in [0.29, 0.717) is 0 Å². The van der Waals surface area contributed by atoms with Crippen LogP contribution in [0, 0.1) is 5.82 Å². The van der Waals surface area contributed by atoms with Crippen molar-refractivity contribution in [3.05, 3.63) is 27.8 Å². The summed E-state index contributed by atoms with van der Waals surface area (Å²) in [6.45, 7) is 0. The van der Waals surface area contributed by atoms with Gasteiger partial charge < -0.3 is 5.11 Å². The van der Waals surface area contributed by atoms with Gasteiger partial charge in [0.15, 0.2) is 11.5 Å². The molecule has 0 aliphatic rings. The largest absolute Gasteiger partial charge is 0.476 e. The van der Waals surface area contributed by atoms with Crippen LogP contribution in [0.25, 0.3) is 0 Å². The lowest BCUT2D eigenvalue weighted by molar-refractivity contribution is 0.0685. The maximum absolute atomic E-state index is 12.7. The van der Waals surface area contributed by atoms with Crippen LogP contribution in [0.1, 0.15) is 10.5 Å². The highest BCUT2D eigenvalue weighted by atomic mass is 35.5. The van der Waals surface area contributed by atoms with Crippen LogP contribution >= 0.6 is 23.2 Å². The zero-order valence-electron chi connectivity index (χ0n) is 5.51. The molecule has 1 rings (SSSR count). The first-order valence-corrected chi connectivity index (χ1v) is 3.53. The second kappa shape index (κ2) is 3.25. The normalized spacial score (nSPS) is 9.92. The van der Waals surface area contributed by atoms with Gasteiger partial charge >= 0.3 is 5.97 Å². The molecule has 0 amide bonds. The van der Waals surface area contributed by atoms with E-state index >= 15 is 0 Å². The second-order valence-electron chi connectivity index (χ2n) is 1.90. The van der Waals surface area contributed by atoms with E-state index in [0.717, 1.165) is 6.07 Å². The minimum absolute atomic E-state index is 0.112. The number of aromatic carboxylic acids is 1. The molecule has 0 spiro atoms. The van der Waals surface area contributed by atoms with Crippen molar-refractivity contribution in [2.75, 3.05) is 0 Å². The van der Waals surface area contributed by atoms with E-state index in [1.807, 2.05) is 0 Å². The minimum Gasteiger partial charge on any atom is -0.476 e. The van der Waals surface area contributed by atoms with E-state index in [2.05, 4.69) is 4.98 Å². The molecule has 0 unspecified atom stereocenters. The lowest BCUT2D eigenvalue weighted by atomic mass is 10.3. The van der Waals surface area contributed by atoms with Crippen molar-refractivity contribution in [3.8, 4) is 0 Å². The SMILES string of the molecule is O=C(O)c1nc(Cl)c(Cl)cc1F. The number of rotatable bonds is 1. The van der Waals surface area contributed by atoms with E-state index in [1.54, 1.807) is 0 Å². The van der Waals surface area contributed by atoms with Gasteiger partial charge in [0.2, 0.25) is 0 Å². The van der Waals surface area contributed by atoms with Gasteiger partial charge in [-0.1, -0.05) is 23.2 Å². The molecule has 0 aliphatic carbocycles. The molecule has 0 fully saturated rings. The third-order valence-electron chi connectivity index (χ3n) is 1.09. The summed E-state index contributed by atoms with van der Waals surface area (Å²) in [5.74, 6) is -2.48. The summed E-state index contributed by atoms with van der Waals surface area (Å²) in [6, 6.07) is 0.806. The molecule has 1 aromatic rings. The van der Waals surface area contributed by atoms with Crippen LogP contribution in [0.15, 0.2) is 6.07 Å². The first-order chi connectivity index (χ1) is 5.52. The maximum atomic E-state index is 12.7. The van der Waals surface area contributed by atoms with Gasteiger partial charge in [0.1, 0.15) is 5.15 Å². The van der Waals surface area contributed by atoms with E-state index in [9.17, 15) is 9.18 Å². The molecule has 64 valence electrons. The van der Waals surface area contributed by atoms with E-state index < -0.39 is 17.5 Å². The molecule has 0 saturated heterocycles. The predicted molar refractivity (Wildman–Crippen MR) is 41.2 cm³/mol. The fourth-order valence-corrected chi connectivity index (χ4v) is 0.871. The van der Waals surface area contributed by atoms with Gasteiger partial charge in [-0.2, -0.15) is 0 Å². The highest BCUT2D eigenvalue weighted by Gasteiger charge is 2.14. The standard InChI is InChI=1S/C6H2Cl2FNO2/c7-2-1-3(9)4(6(11)12)10-5(2)8/h1H,(H,11,12). The van der Waals surface area contributed by atoms with Crippen molar-refractivity contribution >= 4 is 29.2 Å². The summed E-state index contributed by atoms with van der Waals surface area (Å²) in [4.78, 5) is 13.5. The topological polar surface area (TPSA) is 50.2 Å². The van der Waals surface area contributed by atoms with Crippen molar-refractivity contribution in [2.24, 2.45) is 0 Å². The Hall–Kier alpha value is -0.870. The Labute approximate surface area is 76.7 Å². The third kappa shape index (κ3) is 1.65. The number of nitrogens with zero attached hydrogens (tertiary/aromatic N) is 1. The Morgan fingerprint density at radius 1 is 1.58 bits per heavy atom. The van der Waals surface area contributed by atoms with Crippen molar-refractivity contribution in [2.45, 2.75) is 0 Å². The molecule has 1 aromatic heterocycles. The molecular weight excluding hydrogens is 208 g/mol. The fourth-order valence-electron chi connectivity index (χ4n) is 0.594. The summed E-state index contributed by atoms with van der Waals surface area (Å²) in [5, 5.41) is 8.04. The smallest absolute Gasteiger partial charge is 0.357 e. The molecule has 1 heterocycles. The Bertz CT molecular complexity index is 343. The Balaban J connectivity index is 3.33. The first kappa shape index (κ1) is 9.22. The summed E-state index contributed by atoms with van der Waals surface area (Å²) in [5.41, 5.74) is -0.732. The van der Waals surface area contributed by atoms with Crippen LogP contribution in [-0.4, -0.2) is 16.1 Å². The Morgan fingerprint density at radius 2 is 2.17 bits per heavy atom. The number of halogens is 3. The number of hydrogen-bond acceptors (Lipinski definition) is 2. The molecule has 0 aromatic carbocycles. The molecule has 12 heavy (non-hydrogen) atoms. The van der Waals surface area contributed by atoms with Crippen molar-refractivity contribution < 1.29 is 14.3 Å². The number of carboxylic acids is 1. The summed E-state index contributed by atoms with van der Waals surface area (Å²) < 4.78 is 12.7. The minimum atomic E-state index is -1.48. The first-order valence-electron chi connectivity index (χ1n) is 2.77. The van der Waals surface area contributed by atoms with Gasteiger partial charge in [0.05, 0.1) is 5.02 Å². The number of hydrogen-bond donors (Lipinski definition) is 1. The maximum Gasteiger partial charge on any atom is 0.357 e. The van der Waals surface area contributed by atoms with Gasteiger partial charge in [-0.25, -0.2) is 14.2 Å². The van der Waals surface area contributed by atoms with Crippen LogP contribution in [-0.2, 0) is 0 Å². The number of pyridine rings is 1. The van der Waals surface area contributed by atoms with Crippen LogP contribution < -0.4 is 0 Å². The van der Waals surface area contributed by atoms with E-state index in [-0.39, 0.29) is 10.2 Å². The van der Waals surface area contributed by atoms with E-state index in [1.165, 1.54) is 0 Å². The molecule has 0 atom stereocenters. The lowest BCUT2D eigenvalue weighted by Gasteiger charge is -1.98. The van der Waals surface area contributed by atoms with Crippen LogP contribution in [0.5, 0.6) is 0 Å².